The van der Waals surface area contributed by atoms with Gasteiger partial charge in [-0.2, -0.15) is 0 Å². The van der Waals surface area contributed by atoms with Gasteiger partial charge >= 0.3 is 0 Å². The molecule has 6 rings (SSSR count). The molecule has 202 valence electrons. The Morgan fingerprint density at radius 1 is 1.24 bits per heavy atom. The van der Waals surface area contributed by atoms with E-state index in [1.165, 1.54) is 0 Å². The van der Waals surface area contributed by atoms with Gasteiger partial charge in [0, 0.05) is 36.2 Å². The second-order valence-electron chi connectivity index (χ2n) is 12.0. The fourth-order valence-corrected chi connectivity index (χ4v) is 7.48. The molecule has 1 spiro atoms. The van der Waals surface area contributed by atoms with Gasteiger partial charge in [0.15, 0.2) is 5.78 Å². The summed E-state index contributed by atoms with van der Waals surface area (Å²) in [5.41, 5.74) is 1.39. The summed E-state index contributed by atoms with van der Waals surface area (Å²) in [6.07, 6.45) is 7.23. The van der Waals surface area contributed by atoms with Crippen molar-refractivity contribution in [3.8, 4) is 5.75 Å². The van der Waals surface area contributed by atoms with Crippen LogP contribution in [-0.2, 0) is 14.4 Å². The summed E-state index contributed by atoms with van der Waals surface area (Å²) in [6, 6.07) is 6.10. The van der Waals surface area contributed by atoms with E-state index in [4.69, 9.17) is 4.74 Å². The lowest BCUT2D eigenvalue weighted by Crippen LogP contribution is -2.53. The van der Waals surface area contributed by atoms with Crippen LogP contribution in [0.5, 0.6) is 5.75 Å². The van der Waals surface area contributed by atoms with Gasteiger partial charge in [-0.1, -0.05) is 19.4 Å². The van der Waals surface area contributed by atoms with Crippen LogP contribution in [0.4, 0.5) is 0 Å². The number of aromatic nitrogens is 1. The molecule has 8 heteroatoms. The smallest absolute Gasteiger partial charge is 0.271 e. The van der Waals surface area contributed by atoms with Crippen molar-refractivity contribution >= 4 is 34.3 Å². The summed E-state index contributed by atoms with van der Waals surface area (Å²) in [7, 11) is 1.60. The molecule has 3 aliphatic carbocycles. The predicted octanol–water partition coefficient (Wildman–Crippen LogP) is 4.03. The molecule has 38 heavy (non-hydrogen) atoms. The minimum Gasteiger partial charge on any atom is -0.496 e. The Labute approximate surface area is 222 Å². The summed E-state index contributed by atoms with van der Waals surface area (Å²) < 4.78 is 5.46. The number of benzene rings is 1. The van der Waals surface area contributed by atoms with Crippen LogP contribution in [0.25, 0.3) is 10.9 Å². The number of ether oxygens (including phenoxy) is 1. The number of carbonyl (C=O) groups excluding carboxylic acids is 4. The summed E-state index contributed by atoms with van der Waals surface area (Å²) in [6.45, 7) is 2.33. The van der Waals surface area contributed by atoms with Crippen molar-refractivity contribution in [1.29, 1.82) is 0 Å². The SMILES string of the molecule is CCC(=O)[C@H](C[C@@H]1CC2(CC2)CC1=O)NC(=O)[C@@H]1[C@H]2CCC[C@H]2CN1C(=O)c1cc2c(OC)cccc2[nH]1. The Morgan fingerprint density at radius 2 is 2.05 bits per heavy atom. The topological polar surface area (TPSA) is 109 Å². The van der Waals surface area contributed by atoms with E-state index < -0.39 is 12.1 Å². The molecule has 1 aliphatic heterocycles. The second-order valence-corrected chi connectivity index (χ2v) is 12.0. The minimum atomic E-state index is -0.690. The molecule has 1 aromatic heterocycles. The maximum atomic E-state index is 13.9. The van der Waals surface area contributed by atoms with E-state index in [-0.39, 0.29) is 46.5 Å². The maximum absolute atomic E-state index is 13.9. The Hall–Kier alpha value is -3.16. The van der Waals surface area contributed by atoms with Gasteiger partial charge in [-0.3, -0.25) is 19.2 Å². The molecule has 0 radical (unpaired) electrons. The van der Waals surface area contributed by atoms with Gasteiger partial charge < -0.3 is 19.9 Å². The molecule has 2 amide bonds. The number of Topliss-reactive ketones (excluding diaryl/α,β-unsaturated/α-hetero) is 2. The van der Waals surface area contributed by atoms with Crippen molar-refractivity contribution in [3.05, 3.63) is 30.0 Å². The predicted molar refractivity (Wildman–Crippen MR) is 142 cm³/mol. The first-order chi connectivity index (χ1) is 18.3. The Bertz CT molecular complexity index is 1290. The highest BCUT2D eigenvalue weighted by atomic mass is 16.5. The minimum absolute atomic E-state index is 0.0514. The molecule has 2 aromatic rings. The molecule has 4 fully saturated rings. The number of nitrogens with one attached hydrogen (secondary N) is 2. The quantitative estimate of drug-likeness (QED) is 0.547. The van der Waals surface area contributed by atoms with Crippen molar-refractivity contribution in [2.45, 2.75) is 76.8 Å². The fraction of sp³-hybridized carbons (Fsp3) is 0.600. The van der Waals surface area contributed by atoms with E-state index in [2.05, 4.69) is 10.3 Å². The highest BCUT2D eigenvalue weighted by Gasteiger charge is 2.53. The highest BCUT2D eigenvalue weighted by molar-refractivity contribution is 6.02. The number of amides is 2. The number of fused-ring (bicyclic) bond motifs is 2. The zero-order valence-corrected chi connectivity index (χ0v) is 22.3. The molecule has 1 aromatic carbocycles. The second kappa shape index (κ2) is 9.54. The zero-order valence-electron chi connectivity index (χ0n) is 22.3. The van der Waals surface area contributed by atoms with Crippen molar-refractivity contribution in [3.63, 3.8) is 0 Å². The lowest BCUT2D eigenvalue weighted by molar-refractivity contribution is -0.131. The van der Waals surface area contributed by atoms with Crippen LogP contribution < -0.4 is 10.1 Å². The molecule has 3 saturated carbocycles. The molecule has 1 saturated heterocycles. The van der Waals surface area contributed by atoms with Crippen LogP contribution in [0.2, 0.25) is 0 Å². The van der Waals surface area contributed by atoms with Gasteiger partial charge in [0.1, 0.15) is 23.3 Å². The largest absolute Gasteiger partial charge is 0.496 e. The van der Waals surface area contributed by atoms with Gasteiger partial charge in [-0.15, -0.1) is 0 Å². The van der Waals surface area contributed by atoms with Crippen LogP contribution in [0, 0.1) is 23.2 Å². The number of H-pyrrole nitrogens is 1. The molecular weight excluding hydrogens is 482 g/mol. The Balaban J connectivity index is 1.23. The average molecular weight is 520 g/mol. The van der Waals surface area contributed by atoms with E-state index in [0.717, 1.165) is 49.4 Å². The van der Waals surface area contributed by atoms with Gasteiger partial charge in [0.2, 0.25) is 5.91 Å². The number of rotatable bonds is 8. The average Bonchev–Trinajstić information content (AvgIpc) is 3.28. The monoisotopic (exact) mass is 519 g/mol. The van der Waals surface area contributed by atoms with Crippen LogP contribution in [-0.4, -0.2) is 59.0 Å². The number of aromatic amines is 1. The van der Waals surface area contributed by atoms with Crippen molar-refractivity contribution in [1.82, 2.24) is 15.2 Å². The van der Waals surface area contributed by atoms with Crippen molar-refractivity contribution < 1.29 is 23.9 Å². The number of likely N-dealkylation sites (tertiary alicyclic amines) is 1. The lowest BCUT2D eigenvalue weighted by Gasteiger charge is -2.29. The van der Waals surface area contributed by atoms with E-state index in [0.29, 0.717) is 37.3 Å². The summed E-state index contributed by atoms with van der Waals surface area (Å²) in [5, 5.41) is 3.86. The first-order valence-electron chi connectivity index (χ1n) is 14.1. The molecule has 0 bridgehead atoms. The first-order valence-corrected chi connectivity index (χ1v) is 14.1. The molecule has 2 heterocycles. The third kappa shape index (κ3) is 4.31. The van der Waals surface area contributed by atoms with Gasteiger partial charge in [0.25, 0.3) is 5.91 Å². The standard InChI is InChI=1S/C30H37N3O5/c1-3-24(34)22(12-18-14-30(10-11-30)15-25(18)35)32-28(36)27-19-7-4-6-17(19)16-33(27)29(37)23-13-20-21(31-23)8-5-9-26(20)38-2/h5,8-9,13,17-19,22,27,31H,3-4,6-7,10-12,14-16H2,1-2H3,(H,32,36)/t17-,18+,19-,22-,27-/m0/s1. The summed E-state index contributed by atoms with van der Waals surface area (Å²) >= 11 is 0. The van der Waals surface area contributed by atoms with E-state index in [1.54, 1.807) is 25.0 Å². The molecule has 0 unspecified atom stereocenters. The van der Waals surface area contributed by atoms with Gasteiger partial charge in [-0.25, -0.2) is 0 Å². The number of methoxy groups -OCH3 is 1. The van der Waals surface area contributed by atoms with E-state index >= 15 is 0 Å². The molecule has 4 aliphatic rings. The van der Waals surface area contributed by atoms with Crippen molar-refractivity contribution in [2.75, 3.05) is 13.7 Å². The fourth-order valence-electron chi connectivity index (χ4n) is 7.48. The summed E-state index contributed by atoms with van der Waals surface area (Å²) in [4.78, 5) is 58.2. The zero-order chi connectivity index (χ0) is 26.6. The maximum Gasteiger partial charge on any atom is 0.271 e. The molecule has 5 atom stereocenters. The number of hydrogen-bond donors (Lipinski definition) is 2. The van der Waals surface area contributed by atoms with Crippen LogP contribution in [0.15, 0.2) is 24.3 Å². The Morgan fingerprint density at radius 3 is 2.76 bits per heavy atom. The van der Waals surface area contributed by atoms with Crippen LogP contribution >= 0.6 is 0 Å². The first kappa shape index (κ1) is 25.1. The molecule has 8 nitrogen and oxygen atoms in total. The lowest BCUT2D eigenvalue weighted by atomic mass is 9.91. The van der Waals surface area contributed by atoms with Gasteiger partial charge in [-0.05, 0) is 74.0 Å². The third-order valence-electron chi connectivity index (χ3n) is 9.71. The van der Waals surface area contributed by atoms with Crippen LogP contribution in [0.1, 0.15) is 75.2 Å². The Kier molecular flexibility index (Phi) is 6.31. The van der Waals surface area contributed by atoms with E-state index in [9.17, 15) is 19.2 Å². The van der Waals surface area contributed by atoms with Crippen LogP contribution in [0.3, 0.4) is 0 Å². The van der Waals surface area contributed by atoms with Gasteiger partial charge in [0.05, 0.1) is 13.2 Å². The van der Waals surface area contributed by atoms with Crippen molar-refractivity contribution in [2.24, 2.45) is 23.2 Å². The molecule has 2 N–H and O–H groups in total. The number of carbonyl (C=O) groups is 4. The summed E-state index contributed by atoms with van der Waals surface area (Å²) in [5.74, 6) is 0.578. The number of nitrogens with zero attached hydrogens (tertiary/aromatic N) is 1. The number of hydrogen-bond acceptors (Lipinski definition) is 5. The number of ketones is 2. The molecular formula is C30H37N3O5. The van der Waals surface area contributed by atoms with E-state index in [1.807, 2.05) is 18.2 Å². The normalized spacial score (nSPS) is 28.1. The third-order valence-corrected chi connectivity index (χ3v) is 9.71. The highest BCUT2D eigenvalue weighted by Crippen LogP contribution is 2.59.